The Hall–Kier alpha value is -1.04. The van der Waals surface area contributed by atoms with Crippen LogP contribution >= 0.6 is 11.8 Å². The summed E-state index contributed by atoms with van der Waals surface area (Å²) in [6, 6.07) is 0.587. The van der Waals surface area contributed by atoms with Gasteiger partial charge in [-0.25, -0.2) is 0 Å². The number of ether oxygens (including phenoxy) is 1. The molecule has 0 aromatic carbocycles. The fraction of sp³-hybridized carbons (Fsp3) is 0.786. The van der Waals surface area contributed by atoms with Crippen molar-refractivity contribution in [2.24, 2.45) is 5.92 Å². The zero-order valence-corrected chi connectivity index (χ0v) is 13.0. The second-order valence-electron chi connectivity index (χ2n) is 5.85. The van der Waals surface area contributed by atoms with E-state index in [0.717, 1.165) is 11.0 Å². The molecule has 20 heavy (non-hydrogen) atoms. The van der Waals surface area contributed by atoms with Crippen LogP contribution in [-0.2, 0) is 9.53 Å². The van der Waals surface area contributed by atoms with Gasteiger partial charge in [0.25, 0.3) is 0 Å². The largest absolute Gasteiger partial charge is 0.469 e. The van der Waals surface area contributed by atoms with Crippen molar-refractivity contribution in [2.45, 2.75) is 61.9 Å². The van der Waals surface area contributed by atoms with Crippen molar-refractivity contribution in [3.8, 4) is 0 Å². The molecule has 3 rings (SSSR count). The standard InChI is InChI=1S/C14H21N3O2S/c1-8(13(18)19-3)9(2)20-14-16-15-12(10-4-5-10)17(14)11-6-7-11/h8-11H,4-7H2,1-3H3. The lowest BCUT2D eigenvalue weighted by Crippen LogP contribution is -2.22. The smallest absolute Gasteiger partial charge is 0.309 e. The van der Waals surface area contributed by atoms with Crippen LogP contribution in [0.4, 0.5) is 0 Å². The molecule has 2 fully saturated rings. The molecule has 2 atom stereocenters. The van der Waals surface area contributed by atoms with Crippen LogP contribution in [0.3, 0.4) is 0 Å². The summed E-state index contributed by atoms with van der Waals surface area (Å²) in [4.78, 5) is 11.6. The molecule has 0 amide bonds. The average Bonchev–Trinajstić information content (AvgIpc) is 3.36. The summed E-state index contributed by atoms with van der Waals surface area (Å²) < 4.78 is 7.14. The molecule has 110 valence electrons. The zero-order valence-electron chi connectivity index (χ0n) is 12.2. The molecule has 0 aliphatic heterocycles. The summed E-state index contributed by atoms with van der Waals surface area (Å²) in [6.07, 6.45) is 4.94. The van der Waals surface area contributed by atoms with E-state index in [2.05, 4.69) is 21.7 Å². The molecule has 0 saturated heterocycles. The van der Waals surface area contributed by atoms with E-state index in [9.17, 15) is 4.79 Å². The number of hydrogen-bond acceptors (Lipinski definition) is 5. The lowest BCUT2D eigenvalue weighted by Gasteiger charge is -2.17. The van der Waals surface area contributed by atoms with Crippen molar-refractivity contribution >= 4 is 17.7 Å². The highest BCUT2D eigenvalue weighted by molar-refractivity contribution is 7.99. The molecule has 0 radical (unpaired) electrons. The van der Waals surface area contributed by atoms with Gasteiger partial charge in [0.05, 0.1) is 13.0 Å². The third-order valence-electron chi connectivity index (χ3n) is 4.11. The highest BCUT2D eigenvalue weighted by Crippen LogP contribution is 2.46. The molecular formula is C14H21N3O2S. The van der Waals surface area contributed by atoms with Gasteiger partial charge >= 0.3 is 5.97 Å². The first kappa shape index (κ1) is 13.9. The van der Waals surface area contributed by atoms with Crippen molar-refractivity contribution in [1.82, 2.24) is 14.8 Å². The number of thioether (sulfide) groups is 1. The number of nitrogens with zero attached hydrogens (tertiary/aromatic N) is 3. The fourth-order valence-corrected chi connectivity index (χ4v) is 3.40. The Balaban J connectivity index is 1.75. The first-order valence-electron chi connectivity index (χ1n) is 7.31. The van der Waals surface area contributed by atoms with Gasteiger partial charge in [0.1, 0.15) is 5.82 Å². The minimum Gasteiger partial charge on any atom is -0.469 e. The van der Waals surface area contributed by atoms with Gasteiger partial charge in [-0.05, 0) is 25.7 Å². The summed E-state index contributed by atoms with van der Waals surface area (Å²) in [7, 11) is 1.44. The Morgan fingerprint density at radius 2 is 2.00 bits per heavy atom. The molecular weight excluding hydrogens is 274 g/mol. The SMILES string of the molecule is COC(=O)C(C)C(C)Sc1nnc(C2CC2)n1C1CC1. The van der Waals surface area contributed by atoms with Crippen LogP contribution in [0.15, 0.2) is 5.16 Å². The third-order valence-corrected chi connectivity index (χ3v) is 5.38. The molecule has 1 aromatic heterocycles. The van der Waals surface area contributed by atoms with Crippen LogP contribution in [0.1, 0.15) is 57.3 Å². The molecule has 6 heteroatoms. The molecule has 2 aliphatic carbocycles. The van der Waals surface area contributed by atoms with Crippen molar-refractivity contribution < 1.29 is 9.53 Å². The van der Waals surface area contributed by atoms with E-state index in [-0.39, 0.29) is 17.1 Å². The van der Waals surface area contributed by atoms with Crippen LogP contribution in [0, 0.1) is 5.92 Å². The van der Waals surface area contributed by atoms with E-state index in [1.165, 1.54) is 32.8 Å². The van der Waals surface area contributed by atoms with Gasteiger partial charge in [-0.15, -0.1) is 10.2 Å². The quantitative estimate of drug-likeness (QED) is 0.596. The van der Waals surface area contributed by atoms with E-state index < -0.39 is 0 Å². The Morgan fingerprint density at radius 3 is 2.55 bits per heavy atom. The number of methoxy groups -OCH3 is 1. The fourth-order valence-electron chi connectivity index (χ4n) is 2.31. The highest BCUT2D eigenvalue weighted by atomic mass is 32.2. The number of carbonyl (C=O) groups is 1. The predicted molar refractivity (Wildman–Crippen MR) is 76.8 cm³/mol. The third kappa shape index (κ3) is 2.71. The summed E-state index contributed by atoms with van der Waals surface area (Å²) >= 11 is 1.64. The first-order chi connectivity index (χ1) is 9.61. The van der Waals surface area contributed by atoms with Crippen molar-refractivity contribution in [1.29, 1.82) is 0 Å². The van der Waals surface area contributed by atoms with Gasteiger partial charge < -0.3 is 9.30 Å². The molecule has 0 spiro atoms. The van der Waals surface area contributed by atoms with Crippen molar-refractivity contribution in [2.75, 3.05) is 7.11 Å². The molecule has 5 nitrogen and oxygen atoms in total. The maximum absolute atomic E-state index is 11.6. The van der Waals surface area contributed by atoms with Crippen LogP contribution in [-0.4, -0.2) is 33.1 Å². The van der Waals surface area contributed by atoms with Gasteiger partial charge in [-0.3, -0.25) is 4.79 Å². The molecule has 0 N–H and O–H groups in total. The van der Waals surface area contributed by atoms with Gasteiger partial charge in [-0.2, -0.15) is 0 Å². The van der Waals surface area contributed by atoms with E-state index in [4.69, 9.17) is 4.74 Å². The monoisotopic (exact) mass is 295 g/mol. The van der Waals surface area contributed by atoms with Crippen LogP contribution in [0.25, 0.3) is 0 Å². The van der Waals surface area contributed by atoms with Crippen LogP contribution in [0.2, 0.25) is 0 Å². The Morgan fingerprint density at radius 1 is 1.30 bits per heavy atom. The Kier molecular flexibility index (Phi) is 3.75. The second-order valence-corrected chi connectivity index (χ2v) is 7.20. The Labute approximate surface area is 123 Å². The molecule has 2 saturated carbocycles. The lowest BCUT2D eigenvalue weighted by atomic mass is 10.1. The van der Waals surface area contributed by atoms with E-state index in [1.54, 1.807) is 11.8 Å². The molecule has 1 heterocycles. The minimum absolute atomic E-state index is 0.135. The van der Waals surface area contributed by atoms with Crippen molar-refractivity contribution in [3.63, 3.8) is 0 Å². The van der Waals surface area contributed by atoms with Crippen LogP contribution in [0.5, 0.6) is 0 Å². The molecule has 1 aromatic rings. The van der Waals surface area contributed by atoms with Gasteiger partial charge in [0.2, 0.25) is 0 Å². The highest BCUT2D eigenvalue weighted by Gasteiger charge is 2.37. The summed E-state index contributed by atoms with van der Waals surface area (Å²) in [5.74, 6) is 1.47. The second kappa shape index (κ2) is 5.39. The first-order valence-corrected chi connectivity index (χ1v) is 8.19. The topological polar surface area (TPSA) is 57.0 Å². The van der Waals surface area contributed by atoms with Crippen molar-refractivity contribution in [3.05, 3.63) is 5.82 Å². The normalized spacial score (nSPS) is 21.6. The maximum Gasteiger partial charge on any atom is 0.309 e. The number of aromatic nitrogens is 3. The molecule has 2 aliphatic rings. The van der Waals surface area contributed by atoms with E-state index >= 15 is 0 Å². The number of rotatable bonds is 6. The Bertz CT molecular complexity index is 509. The summed E-state index contributed by atoms with van der Waals surface area (Å²) in [6.45, 7) is 3.96. The predicted octanol–water partition coefficient (Wildman–Crippen LogP) is 2.78. The van der Waals surface area contributed by atoms with Gasteiger partial charge in [0.15, 0.2) is 5.16 Å². The van der Waals surface area contributed by atoms with E-state index in [1.807, 2.05) is 6.92 Å². The zero-order chi connectivity index (χ0) is 14.3. The number of hydrogen-bond donors (Lipinski definition) is 0. The molecule has 0 bridgehead atoms. The van der Waals surface area contributed by atoms with Gasteiger partial charge in [-0.1, -0.05) is 25.6 Å². The lowest BCUT2D eigenvalue weighted by molar-refractivity contribution is -0.144. The average molecular weight is 295 g/mol. The van der Waals surface area contributed by atoms with E-state index in [0.29, 0.717) is 12.0 Å². The summed E-state index contributed by atoms with van der Waals surface area (Å²) in [5.41, 5.74) is 0. The van der Waals surface area contributed by atoms with Gasteiger partial charge in [0, 0.05) is 17.2 Å². The summed E-state index contributed by atoms with van der Waals surface area (Å²) in [5, 5.41) is 9.87. The number of esters is 1. The minimum atomic E-state index is -0.162. The van der Waals surface area contributed by atoms with Crippen LogP contribution < -0.4 is 0 Å². The molecule has 2 unspecified atom stereocenters. The number of carbonyl (C=O) groups excluding carboxylic acids is 1. The maximum atomic E-state index is 11.6.